The summed E-state index contributed by atoms with van der Waals surface area (Å²) >= 11 is 0. The summed E-state index contributed by atoms with van der Waals surface area (Å²) in [5, 5.41) is 4.54. The van der Waals surface area contributed by atoms with Crippen molar-refractivity contribution in [2.45, 2.75) is 32.7 Å². The Hall–Kier alpha value is -3.94. The second-order valence-corrected chi connectivity index (χ2v) is 9.07. The molecule has 2 amide bonds. The molecule has 8 heteroatoms. The van der Waals surface area contributed by atoms with E-state index in [4.69, 9.17) is 14.2 Å². The lowest BCUT2D eigenvalue weighted by molar-refractivity contribution is -0.139. The maximum atomic E-state index is 13.7. The maximum Gasteiger partial charge on any atom is 0.259 e. The van der Waals surface area contributed by atoms with Crippen molar-refractivity contribution in [1.82, 2.24) is 9.47 Å². The lowest BCUT2D eigenvalue weighted by atomic mass is 9.83. The number of carbonyl (C=O) groups excluding carboxylic acids is 2. The van der Waals surface area contributed by atoms with E-state index in [-0.39, 0.29) is 24.4 Å². The highest BCUT2D eigenvalue weighted by atomic mass is 16.5. The molecule has 0 aliphatic carbocycles. The van der Waals surface area contributed by atoms with E-state index in [0.717, 1.165) is 27.7 Å². The van der Waals surface area contributed by atoms with Gasteiger partial charge in [0.15, 0.2) is 11.5 Å². The smallest absolute Gasteiger partial charge is 0.259 e. The van der Waals surface area contributed by atoms with Gasteiger partial charge in [0.1, 0.15) is 0 Å². The van der Waals surface area contributed by atoms with Crippen LogP contribution < -0.4 is 19.5 Å². The molecule has 35 heavy (non-hydrogen) atoms. The van der Waals surface area contributed by atoms with E-state index in [1.54, 1.807) is 21.3 Å². The van der Waals surface area contributed by atoms with Crippen LogP contribution in [0, 0.1) is 0 Å². The van der Waals surface area contributed by atoms with E-state index in [2.05, 4.69) is 36.0 Å². The first-order valence-electron chi connectivity index (χ1n) is 11.6. The zero-order valence-corrected chi connectivity index (χ0v) is 20.8. The molecule has 5 rings (SSSR count). The molecule has 1 N–H and O–H groups in total. The highest BCUT2D eigenvalue weighted by Gasteiger charge is 2.43. The van der Waals surface area contributed by atoms with Gasteiger partial charge in [-0.25, -0.2) is 0 Å². The molecule has 3 aromatic rings. The molecule has 1 aromatic heterocycles. The largest absolute Gasteiger partial charge is 0.493 e. The predicted molar refractivity (Wildman–Crippen MR) is 133 cm³/mol. The maximum absolute atomic E-state index is 13.7. The molecule has 2 aromatic carbocycles. The molecule has 0 bridgehead atoms. The number of aromatic nitrogens is 1. The zero-order valence-electron chi connectivity index (χ0n) is 20.8. The van der Waals surface area contributed by atoms with Crippen LogP contribution in [-0.2, 0) is 9.59 Å². The fourth-order valence-corrected chi connectivity index (χ4v) is 5.33. The van der Waals surface area contributed by atoms with Gasteiger partial charge in [-0.2, -0.15) is 0 Å². The predicted octanol–water partition coefficient (Wildman–Crippen LogP) is 4.45. The Morgan fingerprint density at radius 2 is 1.77 bits per heavy atom. The number of hydrogen-bond donors (Lipinski definition) is 1. The van der Waals surface area contributed by atoms with Crippen molar-refractivity contribution < 1.29 is 23.8 Å². The van der Waals surface area contributed by atoms with Crippen LogP contribution in [-0.4, -0.2) is 49.2 Å². The molecular weight excluding hydrogens is 446 g/mol. The van der Waals surface area contributed by atoms with Crippen LogP contribution in [0.3, 0.4) is 0 Å². The first-order valence-corrected chi connectivity index (χ1v) is 11.6. The van der Waals surface area contributed by atoms with Crippen LogP contribution in [0.2, 0.25) is 0 Å². The monoisotopic (exact) mass is 475 g/mol. The van der Waals surface area contributed by atoms with E-state index in [0.29, 0.717) is 28.5 Å². The lowest BCUT2D eigenvalue weighted by Crippen LogP contribution is -2.33. The SMILES string of the molecule is COc1ccc([C@@H]2C3=C(CN(C(C)=O)C3=O)Nc3cccc4c3c2cn4C(C)C)c(OC)c1OC. The third-order valence-corrected chi connectivity index (χ3v) is 6.87. The van der Waals surface area contributed by atoms with Crippen molar-refractivity contribution >= 4 is 28.4 Å². The molecule has 0 unspecified atom stereocenters. The summed E-state index contributed by atoms with van der Waals surface area (Å²) in [6.07, 6.45) is 2.11. The van der Waals surface area contributed by atoms with Gasteiger partial charge < -0.3 is 24.1 Å². The number of imide groups is 1. The standard InChI is InChI=1S/C27H29N3O5/c1-14(2)29-12-17-22(16-10-11-21(33-4)26(35-6)25(16)34-5)24-19(13-30(15(3)31)27(24)32)28-18-8-7-9-20(29)23(17)18/h7-12,14,22,28H,13H2,1-6H3/t22-/m0/s1. The minimum atomic E-state index is -0.491. The first kappa shape index (κ1) is 22.8. The van der Waals surface area contributed by atoms with Gasteiger partial charge in [-0.3, -0.25) is 14.5 Å². The minimum absolute atomic E-state index is 0.195. The van der Waals surface area contributed by atoms with Crippen LogP contribution in [0.4, 0.5) is 5.69 Å². The van der Waals surface area contributed by atoms with Crippen molar-refractivity contribution in [2.24, 2.45) is 0 Å². The van der Waals surface area contributed by atoms with Crippen molar-refractivity contribution in [2.75, 3.05) is 33.2 Å². The second-order valence-electron chi connectivity index (χ2n) is 9.07. The normalized spacial score (nSPS) is 16.9. The topological polar surface area (TPSA) is 82.0 Å². The summed E-state index contributed by atoms with van der Waals surface area (Å²) in [7, 11) is 4.71. The molecule has 0 fully saturated rings. The van der Waals surface area contributed by atoms with Crippen molar-refractivity contribution in [3.05, 3.63) is 58.9 Å². The number of amides is 2. The van der Waals surface area contributed by atoms with E-state index in [9.17, 15) is 9.59 Å². The zero-order chi connectivity index (χ0) is 25.0. The summed E-state index contributed by atoms with van der Waals surface area (Å²) in [6, 6.07) is 10.0. The number of ether oxygens (including phenoxy) is 3. The van der Waals surface area contributed by atoms with Gasteiger partial charge in [0.25, 0.3) is 5.91 Å². The summed E-state index contributed by atoms with van der Waals surface area (Å²) in [5.74, 6) is 0.384. The molecule has 182 valence electrons. The average molecular weight is 476 g/mol. The Balaban J connectivity index is 1.87. The van der Waals surface area contributed by atoms with Crippen LogP contribution in [0.1, 0.15) is 43.9 Å². The number of benzene rings is 2. The van der Waals surface area contributed by atoms with E-state index in [1.165, 1.54) is 11.8 Å². The Morgan fingerprint density at radius 3 is 2.40 bits per heavy atom. The molecule has 0 saturated heterocycles. The van der Waals surface area contributed by atoms with E-state index >= 15 is 0 Å². The Bertz CT molecular complexity index is 1400. The van der Waals surface area contributed by atoms with Gasteiger partial charge in [0.05, 0.1) is 39.0 Å². The molecule has 1 atom stereocenters. The number of carbonyl (C=O) groups is 2. The van der Waals surface area contributed by atoms with Gasteiger partial charge >= 0.3 is 0 Å². The average Bonchev–Trinajstić information content (AvgIpc) is 3.34. The third-order valence-electron chi connectivity index (χ3n) is 6.87. The molecule has 0 spiro atoms. The number of nitrogens with zero attached hydrogens (tertiary/aromatic N) is 2. The highest BCUT2D eigenvalue weighted by Crippen LogP contribution is 2.52. The molecule has 2 aliphatic heterocycles. The van der Waals surface area contributed by atoms with Crippen molar-refractivity contribution in [1.29, 1.82) is 0 Å². The molecule has 8 nitrogen and oxygen atoms in total. The van der Waals surface area contributed by atoms with Gasteiger partial charge in [-0.05, 0) is 37.6 Å². The third kappa shape index (κ3) is 3.27. The fourth-order valence-electron chi connectivity index (χ4n) is 5.33. The highest BCUT2D eigenvalue weighted by molar-refractivity contribution is 6.11. The molecular formula is C27H29N3O5. The number of nitrogens with one attached hydrogen (secondary N) is 1. The Kier molecular flexibility index (Phi) is 5.46. The summed E-state index contributed by atoms with van der Waals surface area (Å²) in [5.41, 5.74) is 4.95. The lowest BCUT2D eigenvalue weighted by Gasteiger charge is -2.23. The van der Waals surface area contributed by atoms with Crippen LogP contribution in [0.15, 0.2) is 47.8 Å². The molecule has 0 radical (unpaired) electrons. The number of hydrogen-bond acceptors (Lipinski definition) is 6. The Morgan fingerprint density at radius 1 is 1.03 bits per heavy atom. The quantitative estimate of drug-likeness (QED) is 0.587. The van der Waals surface area contributed by atoms with Crippen molar-refractivity contribution in [3.63, 3.8) is 0 Å². The van der Waals surface area contributed by atoms with Crippen LogP contribution in [0.5, 0.6) is 17.2 Å². The van der Waals surface area contributed by atoms with E-state index in [1.807, 2.05) is 24.3 Å². The molecule has 0 saturated carbocycles. The number of anilines is 1. The summed E-state index contributed by atoms with van der Waals surface area (Å²) in [4.78, 5) is 27.3. The van der Waals surface area contributed by atoms with Gasteiger partial charge in [0, 0.05) is 47.4 Å². The second kappa shape index (κ2) is 8.37. The number of rotatable bonds is 5. The summed E-state index contributed by atoms with van der Waals surface area (Å²) in [6.45, 7) is 5.87. The van der Waals surface area contributed by atoms with Crippen LogP contribution >= 0.6 is 0 Å². The van der Waals surface area contributed by atoms with Gasteiger partial charge in [0.2, 0.25) is 11.7 Å². The fraction of sp³-hybridized carbons (Fsp3) is 0.333. The summed E-state index contributed by atoms with van der Waals surface area (Å²) < 4.78 is 19.2. The first-order chi connectivity index (χ1) is 16.8. The van der Waals surface area contributed by atoms with E-state index < -0.39 is 5.92 Å². The molecule has 2 aliphatic rings. The van der Waals surface area contributed by atoms with Crippen molar-refractivity contribution in [3.8, 4) is 17.2 Å². The Labute approximate surface area is 204 Å². The van der Waals surface area contributed by atoms with Gasteiger partial charge in [-0.1, -0.05) is 12.1 Å². The minimum Gasteiger partial charge on any atom is -0.493 e. The molecule has 3 heterocycles. The van der Waals surface area contributed by atoms with Crippen LogP contribution in [0.25, 0.3) is 10.9 Å². The van der Waals surface area contributed by atoms with Gasteiger partial charge in [-0.15, -0.1) is 0 Å². The number of methoxy groups -OCH3 is 3.